The molecule has 1 spiro atoms. The summed E-state index contributed by atoms with van der Waals surface area (Å²) in [6.45, 7) is 3.10. The maximum absolute atomic E-state index is 12.5. The van der Waals surface area contributed by atoms with E-state index in [1.807, 2.05) is 31.3 Å². The van der Waals surface area contributed by atoms with Crippen molar-refractivity contribution in [3.05, 3.63) is 29.3 Å². The number of aldehydes is 2. The van der Waals surface area contributed by atoms with Gasteiger partial charge in [-0.15, -0.1) is 4.48 Å². The summed E-state index contributed by atoms with van der Waals surface area (Å²) in [6, 6.07) is 7.89. The minimum atomic E-state index is 0.0271. The number of hydrazine groups is 1. The van der Waals surface area contributed by atoms with Crippen LogP contribution in [0.4, 0.5) is 10.2 Å². The Kier molecular flexibility index (Phi) is 19.5. The zero-order valence-corrected chi connectivity index (χ0v) is 26.7. The van der Waals surface area contributed by atoms with Gasteiger partial charge >= 0.3 is 0 Å². The van der Waals surface area contributed by atoms with E-state index in [2.05, 4.69) is 26.0 Å². The number of benzene rings is 1. The fraction of sp³-hybridized carbons (Fsp3) is 0.630. The molecule has 1 saturated carbocycles. The van der Waals surface area contributed by atoms with Crippen molar-refractivity contribution >= 4 is 64.6 Å². The standard InChI is InChI=1S/C18H35FIN7O.C7H8ClN.C2H2O2/c19-27(20)25-17(22)24-10-5-2-6-16(28)23-11-13-26-12-7-15(21)14-18(26)8-3-1-4-9-18;1-9-7-4-2-6(8)3-5-7;3-1-2-4/h15H,1-14,21H2,(H,23,28)(H3,22,24,25);2-5,9H,1H3;1-2H. The first-order valence-corrected chi connectivity index (χ1v) is 15.3. The fourth-order valence-corrected chi connectivity index (χ4v) is 5.48. The lowest BCUT2D eigenvalue weighted by molar-refractivity contribution is -0.122. The molecule has 1 amide bonds. The number of nitrogens with two attached hydrogens (primary N) is 2. The summed E-state index contributed by atoms with van der Waals surface area (Å²) in [6.07, 6.45) is 10.9. The van der Waals surface area contributed by atoms with Gasteiger partial charge in [-0.2, -0.15) is 0 Å². The molecule has 11 nitrogen and oxygen atoms in total. The Morgan fingerprint density at radius 2 is 1.88 bits per heavy atom. The summed E-state index contributed by atoms with van der Waals surface area (Å²) < 4.78 is 12.7. The molecular formula is C27H45ClFIN8O3. The summed E-state index contributed by atoms with van der Waals surface area (Å²) >= 11 is 7.05. The molecule has 14 heteroatoms. The smallest absolute Gasteiger partial charge is 0.220 e. The van der Waals surface area contributed by atoms with Crippen LogP contribution in [0.5, 0.6) is 0 Å². The van der Waals surface area contributed by atoms with Crippen molar-refractivity contribution in [1.29, 1.82) is 0 Å². The van der Waals surface area contributed by atoms with Crippen LogP contribution >= 0.6 is 34.5 Å². The molecule has 0 radical (unpaired) electrons. The third kappa shape index (κ3) is 16.2. The van der Waals surface area contributed by atoms with Gasteiger partial charge in [0, 0.05) is 65.4 Å². The highest BCUT2D eigenvalue weighted by Gasteiger charge is 2.41. The quantitative estimate of drug-likeness (QED) is 0.0339. The number of halogens is 3. The van der Waals surface area contributed by atoms with Gasteiger partial charge in [0.15, 0.2) is 12.6 Å². The van der Waals surface area contributed by atoms with E-state index in [-0.39, 0.29) is 33.4 Å². The first-order chi connectivity index (χ1) is 19.7. The Morgan fingerprint density at radius 1 is 1.22 bits per heavy atom. The van der Waals surface area contributed by atoms with E-state index >= 15 is 0 Å². The number of hydrogen-bond donors (Lipinski definition) is 5. The number of rotatable bonds is 11. The predicted molar refractivity (Wildman–Crippen MR) is 171 cm³/mol. The third-order valence-electron chi connectivity index (χ3n) is 7.05. The normalized spacial score (nSPS) is 18.3. The number of amides is 1. The average molecular weight is 711 g/mol. The van der Waals surface area contributed by atoms with Crippen LogP contribution in [0, 0.1) is 0 Å². The van der Waals surface area contributed by atoms with Crippen LogP contribution in [-0.2, 0) is 14.4 Å². The summed E-state index contributed by atoms with van der Waals surface area (Å²) in [4.78, 5) is 36.3. The fourth-order valence-electron chi connectivity index (χ4n) is 5.11. The number of anilines is 1. The number of nitrogens with zero attached hydrogens (tertiary/aromatic N) is 3. The van der Waals surface area contributed by atoms with E-state index in [4.69, 9.17) is 32.7 Å². The van der Waals surface area contributed by atoms with Gasteiger partial charge in [0.05, 0.1) is 22.9 Å². The molecule has 1 unspecified atom stereocenters. The Labute approximate surface area is 261 Å². The number of unbranched alkanes of at least 4 members (excludes halogenated alkanes) is 1. The molecule has 232 valence electrons. The van der Waals surface area contributed by atoms with E-state index < -0.39 is 0 Å². The molecule has 3 rings (SSSR count). The molecular weight excluding hydrogens is 666 g/mol. The third-order valence-corrected chi connectivity index (χ3v) is 7.55. The molecule has 1 saturated heterocycles. The monoisotopic (exact) mass is 710 g/mol. The molecule has 41 heavy (non-hydrogen) atoms. The largest absolute Gasteiger partial charge is 0.388 e. The van der Waals surface area contributed by atoms with Crippen molar-refractivity contribution in [1.82, 2.24) is 19.1 Å². The van der Waals surface area contributed by atoms with Crippen molar-refractivity contribution < 1.29 is 18.9 Å². The van der Waals surface area contributed by atoms with E-state index in [0.29, 0.717) is 25.6 Å². The molecule has 1 aromatic carbocycles. The van der Waals surface area contributed by atoms with Crippen molar-refractivity contribution in [3.8, 4) is 0 Å². The predicted octanol–water partition coefficient (Wildman–Crippen LogP) is 3.52. The van der Waals surface area contributed by atoms with Crippen LogP contribution in [0.2, 0.25) is 5.02 Å². The number of carbonyl (C=O) groups is 3. The average Bonchev–Trinajstić information content (AvgIpc) is 2.95. The van der Waals surface area contributed by atoms with Crippen LogP contribution in [0.25, 0.3) is 0 Å². The van der Waals surface area contributed by atoms with Crippen molar-refractivity contribution in [3.63, 3.8) is 0 Å². The summed E-state index contributed by atoms with van der Waals surface area (Å²) in [7, 11) is 1.88. The van der Waals surface area contributed by atoms with Crippen molar-refractivity contribution in [2.45, 2.75) is 75.8 Å². The molecule has 1 aliphatic carbocycles. The minimum absolute atomic E-state index is 0.0271. The van der Waals surface area contributed by atoms with Crippen LogP contribution in [0.3, 0.4) is 0 Å². The highest BCUT2D eigenvalue weighted by Crippen LogP contribution is 2.40. The number of likely N-dealkylation sites (tertiary alicyclic amines) is 1. The highest BCUT2D eigenvalue weighted by atomic mass is 127. The Bertz CT molecular complexity index is 914. The highest BCUT2D eigenvalue weighted by molar-refractivity contribution is 14.1. The Morgan fingerprint density at radius 3 is 2.46 bits per heavy atom. The second-order valence-corrected chi connectivity index (χ2v) is 11.3. The van der Waals surface area contributed by atoms with Gasteiger partial charge in [-0.05, 0) is 62.8 Å². The van der Waals surface area contributed by atoms with E-state index in [9.17, 15) is 9.28 Å². The summed E-state index contributed by atoms with van der Waals surface area (Å²) in [5.41, 5.74) is 15.3. The molecule has 0 bridgehead atoms. The topological polar surface area (TPSA) is 158 Å². The van der Waals surface area contributed by atoms with Crippen LogP contribution in [-0.4, -0.2) is 77.6 Å². The lowest BCUT2D eigenvalue weighted by atomic mass is 9.73. The summed E-state index contributed by atoms with van der Waals surface area (Å²) in [5.74, 6) is 0.0999. The molecule has 2 aliphatic rings. The van der Waals surface area contributed by atoms with Gasteiger partial charge in [0.2, 0.25) is 11.9 Å². The van der Waals surface area contributed by atoms with Crippen LogP contribution < -0.4 is 27.5 Å². The maximum atomic E-state index is 12.5. The van der Waals surface area contributed by atoms with Gasteiger partial charge in [-0.3, -0.25) is 29.7 Å². The number of nitrogens with one attached hydrogen (secondary N) is 3. The second kappa shape index (κ2) is 21.6. The van der Waals surface area contributed by atoms with Gasteiger partial charge in [0.25, 0.3) is 0 Å². The van der Waals surface area contributed by atoms with Gasteiger partial charge in [-0.25, -0.2) is 0 Å². The van der Waals surface area contributed by atoms with Gasteiger partial charge in [0.1, 0.15) is 0 Å². The zero-order chi connectivity index (χ0) is 30.5. The minimum Gasteiger partial charge on any atom is -0.388 e. The van der Waals surface area contributed by atoms with E-state index in [1.165, 1.54) is 55.0 Å². The molecule has 1 heterocycles. The SMILES string of the molecule is CNc1ccc(Cl)cc1.NC(=NCCCCC(=O)NCCN1CCC(N)CC12CCCCC2)NN(F)I.O=CC=O. The molecule has 7 N–H and O–H groups in total. The van der Waals surface area contributed by atoms with Gasteiger partial charge < -0.3 is 22.1 Å². The van der Waals surface area contributed by atoms with Gasteiger partial charge in [-0.1, -0.05) is 30.9 Å². The van der Waals surface area contributed by atoms with Crippen molar-refractivity contribution in [2.75, 3.05) is 38.5 Å². The summed E-state index contributed by atoms with van der Waals surface area (Å²) in [5, 5.41) is 6.81. The zero-order valence-electron chi connectivity index (χ0n) is 23.8. The number of piperidine rings is 1. The first-order valence-electron chi connectivity index (χ1n) is 13.9. The molecule has 1 aliphatic heterocycles. The number of aliphatic imine (C=N–C) groups is 1. The van der Waals surface area contributed by atoms with E-state index in [1.54, 1.807) is 0 Å². The Hall–Kier alpha value is -2.07. The molecule has 1 aromatic rings. The van der Waals surface area contributed by atoms with Crippen LogP contribution in [0.1, 0.15) is 64.2 Å². The van der Waals surface area contributed by atoms with E-state index in [0.717, 1.165) is 49.5 Å². The molecule has 2 fully saturated rings. The lowest BCUT2D eigenvalue weighted by Gasteiger charge is -2.51. The first kappa shape index (κ1) is 37.0. The second-order valence-electron chi connectivity index (χ2n) is 9.97. The van der Waals surface area contributed by atoms with Crippen LogP contribution in [0.15, 0.2) is 29.3 Å². The Balaban J connectivity index is 0.000000532. The molecule has 1 atom stereocenters. The number of carbonyl (C=O) groups excluding carboxylic acids is 3. The maximum Gasteiger partial charge on any atom is 0.220 e. The lowest BCUT2D eigenvalue weighted by Crippen LogP contribution is -2.59. The molecule has 0 aromatic heterocycles. The number of hydrogen-bond acceptors (Lipinski definition) is 8. The van der Waals surface area contributed by atoms with Crippen molar-refractivity contribution in [2.24, 2.45) is 16.5 Å². The number of guanidine groups is 1.